The highest BCUT2D eigenvalue weighted by molar-refractivity contribution is 6.19. The Labute approximate surface area is 115 Å². The average Bonchev–Trinajstić information content (AvgIpc) is 2.43. The van der Waals surface area contributed by atoms with E-state index in [0.717, 1.165) is 16.5 Å². The van der Waals surface area contributed by atoms with Crippen molar-refractivity contribution in [3.63, 3.8) is 0 Å². The number of hydrogen-bond acceptors (Lipinski definition) is 1. The summed E-state index contributed by atoms with van der Waals surface area (Å²) < 4.78 is 2.96. The predicted octanol–water partition coefficient (Wildman–Crippen LogP) is 2.59. The first-order valence-corrected chi connectivity index (χ1v) is 6.30. The van der Waals surface area contributed by atoms with Crippen molar-refractivity contribution in [1.29, 1.82) is 0 Å². The average molecular weight is 272 g/mol. The summed E-state index contributed by atoms with van der Waals surface area (Å²) in [6.07, 6.45) is 3.66. The van der Waals surface area contributed by atoms with Crippen LogP contribution in [0.1, 0.15) is 5.56 Å². The van der Waals surface area contributed by atoms with Gasteiger partial charge >= 0.3 is 5.56 Å². The third-order valence-corrected chi connectivity index (χ3v) is 3.47. The second kappa shape index (κ2) is 4.52. The number of halogens is 1. The van der Waals surface area contributed by atoms with Crippen LogP contribution in [0.5, 0.6) is 0 Å². The van der Waals surface area contributed by atoms with Crippen molar-refractivity contribution in [3.8, 4) is 5.69 Å². The first kappa shape index (κ1) is 11.9. The van der Waals surface area contributed by atoms with E-state index in [1.807, 2.05) is 61.8 Å². The SMILES string of the molecule is Cc1cccc2cc(-[n+]3ccccc3)c(=O)n(Cl)c12. The second-order valence-electron chi connectivity index (χ2n) is 4.41. The fraction of sp³-hybridized carbons (Fsp3) is 0.0667. The van der Waals surface area contributed by atoms with Gasteiger partial charge < -0.3 is 0 Å². The van der Waals surface area contributed by atoms with Gasteiger partial charge in [0, 0.05) is 35.4 Å². The van der Waals surface area contributed by atoms with Crippen LogP contribution >= 0.6 is 11.8 Å². The number of benzene rings is 1. The quantitative estimate of drug-likeness (QED) is 0.625. The number of para-hydroxylation sites is 1. The minimum atomic E-state index is -0.223. The van der Waals surface area contributed by atoms with Gasteiger partial charge in [0.05, 0.1) is 5.52 Å². The first-order valence-electron chi connectivity index (χ1n) is 5.97. The molecule has 2 heterocycles. The molecule has 94 valence electrons. The maximum absolute atomic E-state index is 12.3. The molecule has 1 aromatic carbocycles. The van der Waals surface area contributed by atoms with Crippen molar-refractivity contribution in [1.82, 2.24) is 4.09 Å². The Morgan fingerprint density at radius 3 is 2.58 bits per heavy atom. The van der Waals surface area contributed by atoms with Crippen molar-refractivity contribution in [2.45, 2.75) is 6.92 Å². The Balaban J connectivity index is 2.41. The molecular formula is C15H12ClN2O+. The zero-order valence-electron chi connectivity index (χ0n) is 10.4. The topological polar surface area (TPSA) is 25.9 Å². The van der Waals surface area contributed by atoms with Crippen LogP contribution in [0.2, 0.25) is 0 Å². The Morgan fingerprint density at radius 2 is 1.84 bits per heavy atom. The lowest BCUT2D eigenvalue weighted by molar-refractivity contribution is -0.596. The molecule has 0 radical (unpaired) electrons. The number of hydrogen-bond donors (Lipinski definition) is 0. The fourth-order valence-corrected chi connectivity index (χ4v) is 2.54. The summed E-state index contributed by atoms with van der Waals surface area (Å²) in [7, 11) is 0. The van der Waals surface area contributed by atoms with Crippen molar-refractivity contribution < 1.29 is 4.57 Å². The number of aromatic nitrogens is 2. The minimum Gasteiger partial charge on any atom is -0.260 e. The zero-order valence-corrected chi connectivity index (χ0v) is 11.1. The Hall–Kier alpha value is -2.13. The van der Waals surface area contributed by atoms with Crippen molar-refractivity contribution >= 4 is 22.7 Å². The van der Waals surface area contributed by atoms with Crippen molar-refractivity contribution in [2.24, 2.45) is 0 Å². The molecule has 2 aromatic heterocycles. The lowest BCUT2D eigenvalue weighted by atomic mass is 10.1. The summed E-state index contributed by atoms with van der Waals surface area (Å²) in [5, 5.41) is 0.945. The molecule has 0 aliphatic heterocycles. The van der Waals surface area contributed by atoms with E-state index in [1.54, 1.807) is 4.57 Å². The highest BCUT2D eigenvalue weighted by Gasteiger charge is 2.16. The molecule has 0 N–H and O–H groups in total. The summed E-state index contributed by atoms with van der Waals surface area (Å²) in [5.74, 6) is 0. The van der Waals surface area contributed by atoms with Gasteiger partial charge in [0.1, 0.15) is 0 Å². The van der Waals surface area contributed by atoms with Gasteiger partial charge in [-0.15, -0.1) is 0 Å². The van der Waals surface area contributed by atoms with Crippen LogP contribution in [0.15, 0.2) is 59.7 Å². The molecule has 4 heteroatoms. The van der Waals surface area contributed by atoms with Gasteiger partial charge in [0.2, 0.25) is 0 Å². The summed E-state index contributed by atoms with van der Waals surface area (Å²) >= 11 is 6.18. The summed E-state index contributed by atoms with van der Waals surface area (Å²) in [4.78, 5) is 12.3. The zero-order chi connectivity index (χ0) is 13.4. The van der Waals surface area contributed by atoms with Crippen molar-refractivity contribution in [2.75, 3.05) is 0 Å². The number of fused-ring (bicyclic) bond motifs is 1. The van der Waals surface area contributed by atoms with E-state index >= 15 is 0 Å². The van der Waals surface area contributed by atoms with Crippen LogP contribution in [0.4, 0.5) is 0 Å². The molecule has 0 aliphatic carbocycles. The summed E-state index contributed by atoms with van der Waals surface area (Å²) in [5.41, 5.74) is 2.05. The highest BCUT2D eigenvalue weighted by Crippen LogP contribution is 2.18. The maximum atomic E-state index is 12.3. The smallest absolute Gasteiger partial charge is 0.260 e. The van der Waals surface area contributed by atoms with Crippen LogP contribution in [0.3, 0.4) is 0 Å². The second-order valence-corrected chi connectivity index (χ2v) is 4.75. The van der Waals surface area contributed by atoms with E-state index in [1.165, 1.54) is 4.09 Å². The van der Waals surface area contributed by atoms with Crippen LogP contribution in [0.25, 0.3) is 16.6 Å². The van der Waals surface area contributed by atoms with E-state index in [-0.39, 0.29) is 5.56 Å². The monoisotopic (exact) mass is 271 g/mol. The largest absolute Gasteiger partial charge is 0.338 e. The third-order valence-electron chi connectivity index (χ3n) is 3.15. The Kier molecular flexibility index (Phi) is 2.84. The number of nitrogens with zero attached hydrogens (tertiary/aromatic N) is 2. The van der Waals surface area contributed by atoms with Gasteiger partial charge in [-0.05, 0) is 12.5 Å². The van der Waals surface area contributed by atoms with Crippen LogP contribution < -0.4 is 10.1 Å². The van der Waals surface area contributed by atoms with E-state index in [2.05, 4.69) is 0 Å². The molecular weight excluding hydrogens is 260 g/mol. The summed E-state index contributed by atoms with van der Waals surface area (Å²) in [6, 6.07) is 13.4. The molecule has 0 atom stereocenters. The van der Waals surface area contributed by atoms with E-state index < -0.39 is 0 Å². The maximum Gasteiger partial charge on any atom is 0.338 e. The van der Waals surface area contributed by atoms with Gasteiger partial charge in [-0.1, -0.05) is 24.3 Å². The van der Waals surface area contributed by atoms with Crippen molar-refractivity contribution in [3.05, 3.63) is 70.8 Å². The predicted molar refractivity (Wildman–Crippen MR) is 75.7 cm³/mol. The molecule has 0 amide bonds. The van der Waals surface area contributed by atoms with E-state index in [0.29, 0.717) is 5.69 Å². The van der Waals surface area contributed by atoms with Crippen LogP contribution in [-0.2, 0) is 0 Å². The van der Waals surface area contributed by atoms with Gasteiger partial charge in [-0.2, -0.15) is 4.57 Å². The van der Waals surface area contributed by atoms with E-state index in [9.17, 15) is 4.79 Å². The fourth-order valence-electron chi connectivity index (χ4n) is 2.22. The first-order chi connectivity index (χ1) is 9.18. The molecule has 3 nitrogen and oxygen atoms in total. The Bertz CT molecular complexity index is 809. The molecule has 19 heavy (non-hydrogen) atoms. The normalized spacial score (nSPS) is 10.8. The van der Waals surface area contributed by atoms with Crippen LogP contribution in [-0.4, -0.2) is 4.09 Å². The standard InChI is InChI=1S/C15H12ClN2O/c1-11-6-5-7-12-10-13(15(19)18(16)14(11)12)17-8-3-2-4-9-17/h2-10H,1H3/q+1. The number of pyridine rings is 2. The number of rotatable bonds is 1. The molecule has 0 spiro atoms. The molecule has 0 fully saturated rings. The van der Waals surface area contributed by atoms with Gasteiger partial charge in [0.15, 0.2) is 12.4 Å². The molecule has 3 aromatic rings. The lowest BCUT2D eigenvalue weighted by Gasteiger charge is -2.06. The summed E-state index contributed by atoms with van der Waals surface area (Å²) in [6.45, 7) is 1.94. The molecule has 0 aliphatic rings. The number of aryl methyl sites for hydroxylation is 1. The lowest BCUT2D eigenvalue weighted by Crippen LogP contribution is -2.37. The molecule has 0 unspecified atom stereocenters. The third kappa shape index (κ3) is 1.92. The van der Waals surface area contributed by atoms with E-state index in [4.69, 9.17) is 11.8 Å². The van der Waals surface area contributed by atoms with Gasteiger partial charge in [0.25, 0.3) is 5.69 Å². The highest BCUT2D eigenvalue weighted by atomic mass is 35.5. The Morgan fingerprint density at radius 1 is 1.11 bits per heavy atom. The molecule has 0 saturated heterocycles. The van der Waals surface area contributed by atoms with Gasteiger partial charge in [-0.3, -0.25) is 4.79 Å². The molecule has 0 saturated carbocycles. The molecule has 0 bridgehead atoms. The minimum absolute atomic E-state index is 0.223. The van der Waals surface area contributed by atoms with Gasteiger partial charge in [-0.25, -0.2) is 4.09 Å². The molecule has 3 rings (SSSR count). The van der Waals surface area contributed by atoms with Crippen LogP contribution in [0, 0.1) is 6.92 Å².